The van der Waals surface area contributed by atoms with Crippen molar-refractivity contribution in [2.75, 3.05) is 19.6 Å². The first-order valence-electron chi connectivity index (χ1n) is 7.76. The van der Waals surface area contributed by atoms with Gasteiger partial charge in [-0.3, -0.25) is 0 Å². The van der Waals surface area contributed by atoms with E-state index in [1.165, 1.54) is 0 Å². The summed E-state index contributed by atoms with van der Waals surface area (Å²) in [5.74, 6) is 0. The molecule has 2 aliphatic rings. The van der Waals surface area contributed by atoms with E-state index >= 15 is 0 Å². The van der Waals surface area contributed by atoms with Crippen LogP contribution in [0.5, 0.6) is 0 Å². The van der Waals surface area contributed by atoms with Crippen LogP contribution >= 0.6 is 11.8 Å². The molecule has 3 rings (SSSR count). The Labute approximate surface area is 137 Å². The summed E-state index contributed by atoms with van der Waals surface area (Å²) in [4.78, 5) is 0.407. The van der Waals surface area contributed by atoms with Gasteiger partial charge in [0.1, 0.15) is 0 Å². The Morgan fingerprint density at radius 2 is 1.95 bits per heavy atom. The topological polar surface area (TPSA) is 49.4 Å². The van der Waals surface area contributed by atoms with Crippen molar-refractivity contribution in [3.63, 3.8) is 0 Å². The second kappa shape index (κ2) is 5.82. The number of fused-ring (bicyclic) bond motifs is 1. The van der Waals surface area contributed by atoms with E-state index in [1.54, 1.807) is 16.4 Å². The van der Waals surface area contributed by atoms with Gasteiger partial charge in [0.15, 0.2) is 0 Å². The van der Waals surface area contributed by atoms with E-state index in [2.05, 4.69) is 19.2 Å². The molecule has 0 aromatic heterocycles. The molecule has 2 saturated heterocycles. The van der Waals surface area contributed by atoms with Crippen molar-refractivity contribution >= 4 is 21.8 Å². The SMILES string of the molecule is Cc1ccc(S(=O)(=O)N2CCC3NCC(C)(C)SC3C2)cc1. The van der Waals surface area contributed by atoms with Gasteiger partial charge in [0.25, 0.3) is 0 Å². The fourth-order valence-corrected chi connectivity index (χ4v) is 6.36. The largest absolute Gasteiger partial charge is 0.311 e. The zero-order chi connectivity index (χ0) is 16.0. The molecule has 0 spiro atoms. The lowest BCUT2D eigenvalue weighted by Gasteiger charge is -2.46. The summed E-state index contributed by atoms with van der Waals surface area (Å²) in [6.45, 7) is 8.59. The Morgan fingerprint density at radius 3 is 2.64 bits per heavy atom. The Balaban J connectivity index is 1.79. The van der Waals surface area contributed by atoms with Gasteiger partial charge in [0, 0.05) is 35.7 Å². The summed E-state index contributed by atoms with van der Waals surface area (Å²) in [6, 6.07) is 7.58. The molecule has 2 unspecified atom stereocenters. The van der Waals surface area contributed by atoms with Gasteiger partial charge >= 0.3 is 0 Å². The number of rotatable bonds is 2. The van der Waals surface area contributed by atoms with Crippen LogP contribution in [0.3, 0.4) is 0 Å². The van der Waals surface area contributed by atoms with Crippen LogP contribution in [0.1, 0.15) is 25.8 Å². The fourth-order valence-electron chi connectivity index (χ4n) is 3.15. The molecule has 0 aliphatic carbocycles. The number of piperidine rings is 1. The van der Waals surface area contributed by atoms with Crippen molar-refractivity contribution in [2.45, 2.75) is 48.1 Å². The number of nitrogens with one attached hydrogen (secondary N) is 1. The van der Waals surface area contributed by atoms with E-state index in [0.29, 0.717) is 29.3 Å². The summed E-state index contributed by atoms with van der Waals surface area (Å²) >= 11 is 1.92. The normalized spacial score (nSPS) is 29.0. The minimum atomic E-state index is -3.37. The number of nitrogens with zero attached hydrogens (tertiary/aromatic N) is 1. The van der Waals surface area contributed by atoms with Gasteiger partial charge in [-0.25, -0.2) is 8.42 Å². The number of sulfonamides is 1. The number of hydrogen-bond acceptors (Lipinski definition) is 4. The summed E-state index contributed by atoms with van der Waals surface area (Å²) < 4.78 is 27.5. The van der Waals surface area contributed by atoms with Gasteiger partial charge < -0.3 is 5.32 Å². The molecule has 122 valence electrons. The van der Waals surface area contributed by atoms with E-state index in [0.717, 1.165) is 18.5 Å². The van der Waals surface area contributed by atoms with Gasteiger partial charge in [-0.1, -0.05) is 17.7 Å². The zero-order valence-corrected chi connectivity index (χ0v) is 15.0. The Bertz CT molecular complexity index is 641. The molecule has 0 bridgehead atoms. The summed E-state index contributed by atoms with van der Waals surface area (Å²) in [5, 5.41) is 3.92. The van der Waals surface area contributed by atoms with Crippen molar-refractivity contribution in [1.29, 1.82) is 0 Å². The number of benzene rings is 1. The number of hydrogen-bond donors (Lipinski definition) is 1. The van der Waals surface area contributed by atoms with E-state index < -0.39 is 10.0 Å². The highest BCUT2D eigenvalue weighted by Crippen LogP contribution is 2.38. The first-order chi connectivity index (χ1) is 10.3. The van der Waals surface area contributed by atoms with Crippen LogP contribution < -0.4 is 5.32 Å². The van der Waals surface area contributed by atoms with Crippen molar-refractivity contribution in [3.05, 3.63) is 29.8 Å². The number of aryl methyl sites for hydroxylation is 1. The fraction of sp³-hybridized carbons (Fsp3) is 0.625. The predicted molar refractivity (Wildman–Crippen MR) is 91.8 cm³/mol. The molecule has 1 N–H and O–H groups in total. The third kappa shape index (κ3) is 3.20. The second-order valence-electron chi connectivity index (χ2n) is 6.87. The zero-order valence-electron chi connectivity index (χ0n) is 13.4. The molecule has 6 heteroatoms. The molecule has 1 aromatic rings. The molecule has 0 radical (unpaired) electrons. The Kier molecular flexibility index (Phi) is 4.31. The van der Waals surface area contributed by atoms with Gasteiger partial charge in [0.2, 0.25) is 10.0 Å². The van der Waals surface area contributed by atoms with Gasteiger partial charge in [-0.05, 0) is 39.3 Å². The maximum atomic E-state index is 12.8. The van der Waals surface area contributed by atoms with Crippen LogP contribution in [-0.4, -0.2) is 48.4 Å². The highest BCUT2D eigenvalue weighted by molar-refractivity contribution is 8.01. The molecule has 0 saturated carbocycles. The van der Waals surface area contributed by atoms with Crippen LogP contribution in [-0.2, 0) is 10.0 Å². The van der Waals surface area contributed by atoms with Crippen LogP contribution in [0.25, 0.3) is 0 Å². The molecular formula is C16H24N2O2S2. The third-order valence-corrected chi connectivity index (χ3v) is 7.88. The van der Waals surface area contributed by atoms with Crippen molar-refractivity contribution in [1.82, 2.24) is 9.62 Å². The predicted octanol–water partition coefficient (Wildman–Crippen LogP) is 2.24. The quantitative estimate of drug-likeness (QED) is 0.897. The molecule has 22 heavy (non-hydrogen) atoms. The first-order valence-corrected chi connectivity index (χ1v) is 10.1. The molecule has 2 fully saturated rings. The van der Waals surface area contributed by atoms with E-state index in [4.69, 9.17) is 0 Å². The lowest BCUT2D eigenvalue weighted by Crippen LogP contribution is -2.59. The summed E-state index contributed by atoms with van der Waals surface area (Å²) in [6.07, 6.45) is 0.888. The van der Waals surface area contributed by atoms with Gasteiger partial charge in [0.05, 0.1) is 4.90 Å². The molecule has 2 aliphatic heterocycles. The maximum Gasteiger partial charge on any atom is 0.243 e. The van der Waals surface area contributed by atoms with Crippen molar-refractivity contribution < 1.29 is 8.42 Å². The molecule has 0 amide bonds. The van der Waals surface area contributed by atoms with Gasteiger partial charge in [-0.2, -0.15) is 4.31 Å². The van der Waals surface area contributed by atoms with E-state index in [-0.39, 0.29) is 4.75 Å². The molecular weight excluding hydrogens is 316 g/mol. The average Bonchev–Trinajstić information content (AvgIpc) is 2.46. The van der Waals surface area contributed by atoms with Crippen LogP contribution in [0.2, 0.25) is 0 Å². The molecule has 1 aromatic carbocycles. The number of thioether (sulfide) groups is 1. The van der Waals surface area contributed by atoms with E-state index in [9.17, 15) is 8.42 Å². The summed E-state index contributed by atoms with van der Waals surface area (Å²) in [7, 11) is -3.37. The van der Waals surface area contributed by atoms with Crippen LogP contribution in [0.4, 0.5) is 0 Å². The third-order valence-electron chi connectivity index (χ3n) is 4.44. The second-order valence-corrected chi connectivity index (χ2v) is 10.8. The lowest BCUT2D eigenvalue weighted by molar-refractivity contribution is 0.283. The molecule has 2 heterocycles. The first kappa shape index (κ1) is 16.3. The molecule has 4 nitrogen and oxygen atoms in total. The smallest absolute Gasteiger partial charge is 0.243 e. The Morgan fingerprint density at radius 1 is 1.27 bits per heavy atom. The molecule has 2 atom stereocenters. The minimum Gasteiger partial charge on any atom is -0.311 e. The monoisotopic (exact) mass is 340 g/mol. The highest BCUT2D eigenvalue weighted by Gasteiger charge is 2.41. The minimum absolute atomic E-state index is 0.164. The van der Waals surface area contributed by atoms with Crippen molar-refractivity contribution in [3.8, 4) is 0 Å². The average molecular weight is 341 g/mol. The standard InChI is InChI=1S/C16H24N2O2S2/c1-12-4-6-13(7-5-12)22(19,20)18-9-8-14-15(10-18)21-16(2,3)11-17-14/h4-7,14-15,17H,8-11H2,1-3H3. The van der Waals surface area contributed by atoms with Crippen LogP contribution in [0, 0.1) is 6.92 Å². The lowest BCUT2D eigenvalue weighted by atomic mass is 10.0. The van der Waals surface area contributed by atoms with Crippen molar-refractivity contribution in [2.24, 2.45) is 0 Å². The van der Waals surface area contributed by atoms with Crippen LogP contribution in [0.15, 0.2) is 29.2 Å². The highest BCUT2D eigenvalue weighted by atomic mass is 32.2. The van der Waals surface area contributed by atoms with Gasteiger partial charge in [-0.15, -0.1) is 11.8 Å². The summed E-state index contributed by atoms with van der Waals surface area (Å²) in [5.41, 5.74) is 1.08. The Hall–Kier alpha value is -0.560. The maximum absolute atomic E-state index is 12.8. The van der Waals surface area contributed by atoms with E-state index in [1.807, 2.05) is 30.8 Å².